The Labute approximate surface area is 139 Å². The molecule has 0 aliphatic carbocycles. The van der Waals surface area contributed by atoms with Gasteiger partial charge in [0.1, 0.15) is 0 Å². The third-order valence-electron chi connectivity index (χ3n) is 4.54. The molecule has 0 radical (unpaired) electrons. The molecule has 1 fully saturated rings. The minimum Gasteiger partial charge on any atom is -0.366 e. The van der Waals surface area contributed by atoms with Crippen LogP contribution in [0.25, 0.3) is 0 Å². The van der Waals surface area contributed by atoms with E-state index in [-0.39, 0.29) is 18.0 Å². The number of rotatable bonds is 5. The molecule has 0 atom stereocenters. The Morgan fingerprint density at radius 2 is 1.70 bits per heavy atom. The highest BCUT2D eigenvalue weighted by Gasteiger charge is 2.26. The number of hydrogen-bond acceptors (Lipinski definition) is 4. The van der Waals surface area contributed by atoms with Crippen molar-refractivity contribution < 1.29 is 4.79 Å². The molecular weight excluding hydrogens is 290 g/mol. The predicted octanol–water partition coefficient (Wildman–Crippen LogP) is 1.79. The molecule has 6 nitrogen and oxygen atoms in total. The van der Waals surface area contributed by atoms with Gasteiger partial charge in [-0.2, -0.15) is 5.10 Å². The van der Waals surface area contributed by atoms with Crippen molar-refractivity contribution in [2.24, 2.45) is 0 Å². The smallest absolute Gasteiger partial charge is 0.237 e. The summed E-state index contributed by atoms with van der Waals surface area (Å²) in [6.45, 7) is 16.7. The maximum atomic E-state index is 12.6. The number of aromatic nitrogens is 2. The second kappa shape index (κ2) is 7.34. The predicted molar refractivity (Wildman–Crippen MR) is 93.8 cm³/mol. The Hall–Kier alpha value is -1.56. The Balaban J connectivity index is 1.91. The van der Waals surface area contributed by atoms with Gasteiger partial charge in [0, 0.05) is 38.3 Å². The maximum absolute atomic E-state index is 12.6. The van der Waals surface area contributed by atoms with Crippen molar-refractivity contribution >= 4 is 11.6 Å². The molecule has 0 spiro atoms. The fraction of sp³-hybridized carbons (Fsp3) is 0.765. The fourth-order valence-electron chi connectivity index (χ4n) is 3.59. The van der Waals surface area contributed by atoms with Gasteiger partial charge in [0.05, 0.1) is 23.6 Å². The maximum Gasteiger partial charge on any atom is 0.237 e. The number of hydrogen-bond donors (Lipinski definition) is 1. The number of carbonyl (C=O) groups is 1. The summed E-state index contributed by atoms with van der Waals surface area (Å²) in [5.41, 5.74) is 3.40. The standard InChI is InChI=1S/C17H31N5O/c1-12(2)22(13(3)4)16(23)11-20-7-9-21(10-8-20)17-14(5)18-19-15(17)6/h12-13H,7-11H2,1-6H3,(H,18,19). The fourth-order valence-corrected chi connectivity index (χ4v) is 3.59. The molecule has 1 aromatic rings. The van der Waals surface area contributed by atoms with E-state index in [4.69, 9.17) is 0 Å². The van der Waals surface area contributed by atoms with E-state index >= 15 is 0 Å². The molecule has 2 heterocycles. The van der Waals surface area contributed by atoms with E-state index in [0.29, 0.717) is 6.54 Å². The summed E-state index contributed by atoms with van der Waals surface area (Å²) < 4.78 is 0. The third-order valence-corrected chi connectivity index (χ3v) is 4.54. The minimum absolute atomic E-state index is 0.235. The molecular formula is C17H31N5O. The van der Waals surface area contributed by atoms with Gasteiger partial charge in [0.25, 0.3) is 0 Å². The van der Waals surface area contributed by atoms with Gasteiger partial charge in [-0.1, -0.05) is 0 Å². The first kappa shape index (κ1) is 17.8. The van der Waals surface area contributed by atoms with Crippen LogP contribution in [0.1, 0.15) is 39.1 Å². The summed E-state index contributed by atoms with van der Waals surface area (Å²) in [6, 6.07) is 0.500. The molecule has 130 valence electrons. The van der Waals surface area contributed by atoms with Crippen molar-refractivity contribution in [3.8, 4) is 0 Å². The van der Waals surface area contributed by atoms with Crippen molar-refractivity contribution in [3.05, 3.63) is 11.4 Å². The second-order valence-corrected chi connectivity index (χ2v) is 7.03. The zero-order valence-electron chi connectivity index (χ0n) is 15.4. The van der Waals surface area contributed by atoms with Crippen LogP contribution in [0.4, 0.5) is 5.69 Å². The van der Waals surface area contributed by atoms with Crippen LogP contribution in [0.15, 0.2) is 0 Å². The lowest BCUT2D eigenvalue weighted by Crippen LogP contribution is -2.52. The Kier molecular flexibility index (Phi) is 5.68. The summed E-state index contributed by atoms with van der Waals surface area (Å²) in [5.74, 6) is 0.235. The molecule has 1 amide bonds. The van der Waals surface area contributed by atoms with Crippen molar-refractivity contribution in [1.82, 2.24) is 20.0 Å². The molecule has 0 unspecified atom stereocenters. The first-order valence-electron chi connectivity index (χ1n) is 8.61. The first-order valence-corrected chi connectivity index (χ1v) is 8.61. The van der Waals surface area contributed by atoms with Crippen molar-refractivity contribution in [2.45, 2.75) is 53.6 Å². The average Bonchev–Trinajstić information content (AvgIpc) is 2.78. The molecule has 1 aliphatic rings. The second-order valence-electron chi connectivity index (χ2n) is 7.03. The van der Waals surface area contributed by atoms with E-state index < -0.39 is 0 Å². The summed E-state index contributed by atoms with van der Waals surface area (Å²) in [6.07, 6.45) is 0. The van der Waals surface area contributed by atoms with Gasteiger partial charge in [0.2, 0.25) is 5.91 Å². The van der Waals surface area contributed by atoms with E-state index in [0.717, 1.165) is 37.6 Å². The number of piperazine rings is 1. The molecule has 1 saturated heterocycles. The van der Waals surface area contributed by atoms with Crippen LogP contribution in [-0.2, 0) is 4.79 Å². The van der Waals surface area contributed by atoms with E-state index in [1.165, 1.54) is 5.69 Å². The van der Waals surface area contributed by atoms with E-state index in [1.54, 1.807) is 0 Å². The van der Waals surface area contributed by atoms with Gasteiger partial charge in [-0.05, 0) is 41.5 Å². The highest BCUT2D eigenvalue weighted by molar-refractivity contribution is 5.79. The van der Waals surface area contributed by atoms with Crippen LogP contribution in [0.5, 0.6) is 0 Å². The average molecular weight is 321 g/mol. The molecule has 6 heteroatoms. The summed E-state index contributed by atoms with van der Waals surface area (Å²) in [4.78, 5) is 19.2. The third kappa shape index (κ3) is 4.05. The molecule has 1 aliphatic heterocycles. The number of nitrogens with zero attached hydrogens (tertiary/aromatic N) is 4. The molecule has 1 N–H and O–H groups in total. The zero-order valence-corrected chi connectivity index (χ0v) is 15.4. The normalized spacial score (nSPS) is 16.4. The van der Waals surface area contributed by atoms with E-state index in [1.807, 2.05) is 11.8 Å². The summed E-state index contributed by atoms with van der Waals surface area (Å²) >= 11 is 0. The number of amides is 1. The van der Waals surface area contributed by atoms with Gasteiger partial charge < -0.3 is 9.80 Å². The Morgan fingerprint density at radius 3 is 2.13 bits per heavy atom. The lowest BCUT2D eigenvalue weighted by Gasteiger charge is -2.38. The van der Waals surface area contributed by atoms with E-state index in [9.17, 15) is 4.79 Å². The number of carbonyl (C=O) groups excluding carboxylic acids is 1. The topological polar surface area (TPSA) is 55.5 Å². The van der Waals surface area contributed by atoms with Crippen LogP contribution in [0.2, 0.25) is 0 Å². The lowest BCUT2D eigenvalue weighted by atomic mass is 10.2. The summed E-state index contributed by atoms with van der Waals surface area (Å²) in [5, 5.41) is 7.33. The van der Waals surface area contributed by atoms with Gasteiger partial charge in [-0.15, -0.1) is 0 Å². The van der Waals surface area contributed by atoms with Crippen LogP contribution in [-0.4, -0.2) is 70.7 Å². The first-order chi connectivity index (χ1) is 10.8. The number of nitrogens with one attached hydrogen (secondary N) is 1. The minimum atomic E-state index is 0.235. The SMILES string of the molecule is Cc1n[nH]c(C)c1N1CCN(CC(=O)N(C(C)C)C(C)C)CC1. The van der Waals surface area contributed by atoms with Crippen LogP contribution in [0.3, 0.4) is 0 Å². The summed E-state index contributed by atoms with van der Waals surface area (Å²) in [7, 11) is 0. The largest absolute Gasteiger partial charge is 0.366 e. The molecule has 23 heavy (non-hydrogen) atoms. The number of H-pyrrole nitrogens is 1. The Morgan fingerprint density at radius 1 is 1.13 bits per heavy atom. The Bertz CT molecular complexity index is 502. The molecule has 2 rings (SSSR count). The number of anilines is 1. The van der Waals surface area contributed by atoms with Crippen LogP contribution in [0, 0.1) is 13.8 Å². The lowest BCUT2D eigenvalue weighted by molar-refractivity contribution is -0.136. The highest BCUT2D eigenvalue weighted by atomic mass is 16.2. The molecule has 0 bridgehead atoms. The van der Waals surface area contributed by atoms with E-state index in [2.05, 4.69) is 54.6 Å². The van der Waals surface area contributed by atoms with Crippen LogP contribution >= 0.6 is 0 Å². The highest BCUT2D eigenvalue weighted by Crippen LogP contribution is 2.23. The monoisotopic (exact) mass is 321 g/mol. The van der Waals surface area contributed by atoms with Gasteiger partial charge >= 0.3 is 0 Å². The quantitative estimate of drug-likeness (QED) is 0.898. The van der Waals surface area contributed by atoms with Crippen molar-refractivity contribution in [1.29, 1.82) is 0 Å². The molecule has 0 aromatic carbocycles. The molecule has 0 saturated carbocycles. The van der Waals surface area contributed by atoms with Gasteiger partial charge in [-0.3, -0.25) is 14.8 Å². The zero-order chi connectivity index (χ0) is 17.1. The number of aryl methyl sites for hydroxylation is 2. The van der Waals surface area contributed by atoms with Gasteiger partial charge in [-0.25, -0.2) is 0 Å². The van der Waals surface area contributed by atoms with Crippen LogP contribution < -0.4 is 4.90 Å². The van der Waals surface area contributed by atoms with Crippen molar-refractivity contribution in [3.63, 3.8) is 0 Å². The molecule has 1 aromatic heterocycles. The number of aromatic amines is 1. The van der Waals surface area contributed by atoms with Crippen molar-refractivity contribution in [2.75, 3.05) is 37.6 Å². The van der Waals surface area contributed by atoms with Gasteiger partial charge in [0.15, 0.2) is 0 Å².